The van der Waals surface area contributed by atoms with Gasteiger partial charge in [0, 0.05) is 13.0 Å². The quantitative estimate of drug-likeness (QED) is 0.602. The Kier molecular flexibility index (Phi) is 6.10. The van der Waals surface area contributed by atoms with Crippen LogP contribution in [0.2, 0.25) is 0 Å². The van der Waals surface area contributed by atoms with E-state index in [-0.39, 0.29) is 29.3 Å². The summed E-state index contributed by atoms with van der Waals surface area (Å²) < 4.78 is 65.8. The molecule has 0 amide bonds. The number of nitrogens with zero attached hydrogens (tertiary/aromatic N) is 1. The SMILES string of the molecule is COC(=O)c1ncsc1S(=O)(=O)NCCCCC(F)(F)F. The number of nitrogens with one attached hydrogen (secondary N) is 1. The monoisotopic (exact) mass is 346 g/mol. The minimum atomic E-state index is -4.26. The summed E-state index contributed by atoms with van der Waals surface area (Å²) in [5.74, 6) is -0.895. The van der Waals surface area contributed by atoms with E-state index in [4.69, 9.17) is 0 Å². The zero-order valence-corrected chi connectivity index (χ0v) is 12.6. The van der Waals surface area contributed by atoms with Crippen LogP contribution in [0.5, 0.6) is 0 Å². The number of aromatic nitrogens is 1. The second kappa shape index (κ2) is 7.18. The Morgan fingerprint density at radius 2 is 2.10 bits per heavy atom. The molecule has 0 aliphatic rings. The Morgan fingerprint density at radius 1 is 1.43 bits per heavy atom. The van der Waals surface area contributed by atoms with Crippen molar-refractivity contribution < 1.29 is 31.1 Å². The summed E-state index contributed by atoms with van der Waals surface area (Å²) in [7, 11) is -2.91. The first kappa shape index (κ1) is 17.9. The number of ether oxygens (including phenoxy) is 1. The predicted octanol–water partition coefficient (Wildman–Crippen LogP) is 1.94. The smallest absolute Gasteiger partial charge is 0.389 e. The number of halogens is 3. The van der Waals surface area contributed by atoms with Gasteiger partial charge in [-0.1, -0.05) is 0 Å². The summed E-state index contributed by atoms with van der Waals surface area (Å²) in [4.78, 5) is 14.9. The molecule has 0 saturated heterocycles. The Hall–Kier alpha value is -1.20. The molecule has 6 nitrogen and oxygen atoms in total. The van der Waals surface area contributed by atoms with Gasteiger partial charge < -0.3 is 4.74 Å². The van der Waals surface area contributed by atoms with Crippen LogP contribution in [-0.2, 0) is 14.8 Å². The van der Waals surface area contributed by atoms with Crippen LogP contribution in [0.15, 0.2) is 9.72 Å². The van der Waals surface area contributed by atoms with Gasteiger partial charge in [-0.15, -0.1) is 11.3 Å². The highest BCUT2D eigenvalue weighted by Gasteiger charge is 2.27. The van der Waals surface area contributed by atoms with Crippen LogP contribution >= 0.6 is 11.3 Å². The van der Waals surface area contributed by atoms with Crippen molar-refractivity contribution in [2.75, 3.05) is 13.7 Å². The number of sulfonamides is 1. The maximum atomic E-state index is 11.9. The molecule has 0 unspecified atom stereocenters. The number of hydrogen-bond acceptors (Lipinski definition) is 6. The average Bonchev–Trinajstić information content (AvgIpc) is 2.86. The molecular weight excluding hydrogens is 333 g/mol. The second-order valence-electron chi connectivity index (χ2n) is 3.95. The van der Waals surface area contributed by atoms with Gasteiger partial charge in [-0.25, -0.2) is 22.9 Å². The fraction of sp³-hybridized carbons (Fsp3) is 0.600. The number of esters is 1. The molecule has 0 atom stereocenters. The van der Waals surface area contributed by atoms with Crippen molar-refractivity contribution >= 4 is 27.3 Å². The minimum absolute atomic E-state index is 0.0328. The summed E-state index contributed by atoms with van der Waals surface area (Å²) in [6, 6.07) is 0. The Labute approximate surface area is 123 Å². The van der Waals surface area contributed by atoms with Crippen molar-refractivity contribution in [2.24, 2.45) is 0 Å². The molecule has 120 valence electrons. The molecule has 1 rings (SSSR count). The first-order chi connectivity index (χ1) is 9.67. The molecule has 0 bridgehead atoms. The number of alkyl halides is 3. The van der Waals surface area contributed by atoms with Gasteiger partial charge in [0.05, 0.1) is 12.6 Å². The van der Waals surface area contributed by atoms with E-state index in [2.05, 4.69) is 14.4 Å². The van der Waals surface area contributed by atoms with Gasteiger partial charge in [0.15, 0.2) is 9.90 Å². The van der Waals surface area contributed by atoms with Gasteiger partial charge in [0.2, 0.25) is 0 Å². The summed E-state index contributed by atoms with van der Waals surface area (Å²) >= 11 is 0.726. The zero-order chi connectivity index (χ0) is 16.1. The van der Waals surface area contributed by atoms with E-state index in [1.54, 1.807) is 0 Å². The Bertz CT molecular complexity index is 583. The molecule has 21 heavy (non-hydrogen) atoms. The molecule has 0 saturated carbocycles. The number of carbonyl (C=O) groups excluding carboxylic acids is 1. The third kappa shape index (κ3) is 5.59. The fourth-order valence-electron chi connectivity index (χ4n) is 1.38. The number of hydrogen-bond donors (Lipinski definition) is 1. The molecule has 0 aliphatic heterocycles. The van der Waals surface area contributed by atoms with E-state index in [0.717, 1.165) is 18.4 Å². The lowest BCUT2D eigenvalue weighted by molar-refractivity contribution is -0.135. The normalized spacial score (nSPS) is 12.4. The lowest BCUT2D eigenvalue weighted by Crippen LogP contribution is -2.26. The summed E-state index contributed by atoms with van der Waals surface area (Å²) in [5, 5.41) is 0. The van der Waals surface area contributed by atoms with Gasteiger partial charge in [-0.05, 0) is 12.8 Å². The molecule has 0 fully saturated rings. The van der Waals surface area contributed by atoms with Crippen molar-refractivity contribution in [3.63, 3.8) is 0 Å². The molecule has 0 aromatic carbocycles. The Morgan fingerprint density at radius 3 is 2.67 bits per heavy atom. The molecule has 1 heterocycles. The average molecular weight is 346 g/mol. The third-order valence-electron chi connectivity index (χ3n) is 2.34. The highest BCUT2D eigenvalue weighted by Crippen LogP contribution is 2.23. The maximum absolute atomic E-state index is 11.9. The maximum Gasteiger partial charge on any atom is 0.389 e. The predicted molar refractivity (Wildman–Crippen MR) is 68.5 cm³/mol. The summed E-state index contributed by atoms with van der Waals surface area (Å²) in [6.07, 6.45) is -5.37. The van der Waals surface area contributed by atoms with Crippen LogP contribution in [-0.4, -0.2) is 39.2 Å². The molecule has 0 spiro atoms. The van der Waals surface area contributed by atoms with Crippen LogP contribution < -0.4 is 4.72 Å². The van der Waals surface area contributed by atoms with Gasteiger partial charge in [0.1, 0.15) is 0 Å². The number of rotatable bonds is 7. The highest BCUT2D eigenvalue weighted by molar-refractivity contribution is 7.91. The van der Waals surface area contributed by atoms with Crippen LogP contribution in [0.25, 0.3) is 0 Å². The Balaban J connectivity index is 2.59. The third-order valence-corrected chi connectivity index (χ3v) is 5.17. The molecule has 11 heteroatoms. The number of carbonyl (C=O) groups is 1. The molecule has 1 N–H and O–H groups in total. The van der Waals surface area contributed by atoms with Crippen LogP contribution in [0, 0.1) is 0 Å². The van der Waals surface area contributed by atoms with E-state index < -0.39 is 28.6 Å². The fourth-order valence-corrected chi connectivity index (χ4v) is 3.63. The molecular formula is C10H13F3N2O4S2. The number of unbranched alkanes of at least 4 members (excludes halogenated alkanes) is 1. The minimum Gasteiger partial charge on any atom is -0.464 e. The first-order valence-electron chi connectivity index (χ1n) is 5.75. The number of methoxy groups -OCH3 is 1. The standard InChI is InChI=1S/C10H13F3N2O4S2/c1-19-8(16)7-9(20-6-14-7)21(17,18)15-5-3-2-4-10(11,12)13/h6,15H,2-5H2,1H3. The van der Waals surface area contributed by atoms with E-state index in [1.807, 2.05) is 0 Å². The van der Waals surface area contributed by atoms with Crippen molar-refractivity contribution in [1.82, 2.24) is 9.71 Å². The first-order valence-corrected chi connectivity index (χ1v) is 8.12. The molecule has 0 aliphatic carbocycles. The van der Waals surface area contributed by atoms with Crippen LogP contribution in [0.1, 0.15) is 29.8 Å². The molecule has 1 aromatic heterocycles. The van der Waals surface area contributed by atoms with Gasteiger partial charge in [-0.2, -0.15) is 13.2 Å². The lowest BCUT2D eigenvalue weighted by Gasteiger charge is -2.07. The van der Waals surface area contributed by atoms with Crippen molar-refractivity contribution in [3.8, 4) is 0 Å². The summed E-state index contributed by atoms with van der Waals surface area (Å²) in [5.41, 5.74) is 0.829. The number of thiazole rings is 1. The van der Waals surface area contributed by atoms with E-state index in [0.29, 0.717) is 0 Å². The second-order valence-corrected chi connectivity index (χ2v) is 6.77. The van der Waals surface area contributed by atoms with E-state index in [1.165, 1.54) is 5.51 Å². The van der Waals surface area contributed by atoms with Gasteiger partial charge in [0.25, 0.3) is 10.0 Å². The van der Waals surface area contributed by atoms with Crippen molar-refractivity contribution in [2.45, 2.75) is 29.6 Å². The van der Waals surface area contributed by atoms with Crippen molar-refractivity contribution in [3.05, 3.63) is 11.2 Å². The summed E-state index contributed by atoms with van der Waals surface area (Å²) in [6.45, 7) is -0.156. The topological polar surface area (TPSA) is 85.4 Å². The molecule has 0 radical (unpaired) electrons. The van der Waals surface area contributed by atoms with Crippen molar-refractivity contribution in [1.29, 1.82) is 0 Å². The van der Waals surface area contributed by atoms with Gasteiger partial charge in [-0.3, -0.25) is 0 Å². The van der Waals surface area contributed by atoms with Crippen LogP contribution in [0.3, 0.4) is 0 Å². The highest BCUT2D eigenvalue weighted by atomic mass is 32.2. The zero-order valence-electron chi connectivity index (χ0n) is 10.9. The van der Waals surface area contributed by atoms with Gasteiger partial charge >= 0.3 is 12.1 Å². The van der Waals surface area contributed by atoms with E-state index in [9.17, 15) is 26.4 Å². The largest absolute Gasteiger partial charge is 0.464 e. The lowest BCUT2D eigenvalue weighted by atomic mass is 10.2. The van der Waals surface area contributed by atoms with E-state index >= 15 is 0 Å². The van der Waals surface area contributed by atoms with Crippen LogP contribution in [0.4, 0.5) is 13.2 Å². The molecule has 1 aromatic rings.